The minimum atomic E-state index is -3.08. The van der Waals surface area contributed by atoms with Crippen LogP contribution in [-0.4, -0.2) is 58.3 Å². The van der Waals surface area contributed by atoms with E-state index in [0.717, 1.165) is 38.5 Å². The quantitative estimate of drug-likeness (QED) is 0.712. The predicted molar refractivity (Wildman–Crippen MR) is 77.7 cm³/mol. The molecule has 19 heavy (non-hydrogen) atoms. The van der Waals surface area contributed by atoms with Gasteiger partial charge in [-0.3, -0.25) is 4.90 Å². The van der Waals surface area contributed by atoms with Crippen LogP contribution in [0.4, 0.5) is 0 Å². The highest BCUT2D eigenvalue weighted by Gasteiger charge is 2.17. The zero-order valence-corrected chi connectivity index (χ0v) is 12.6. The van der Waals surface area contributed by atoms with Gasteiger partial charge < -0.3 is 5.32 Å². The smallest absolute Gasteiger partial charge is 0.212 e. The van der Waals surface area contributed by atoms with E-state index in [9.17, 15) is 8.42 Å². The van der Waals surface area contributed by atoms with Crippen molar-refractivity contribution < 1.29 is 8.42 Å². The van der Waals surface area contributed by atoms with Gasteiger partial charge in [-0.05, 0) is 12.3 Å². The first-order chi connectivity index (χ1) is 9.16. The number of hydrogen-bond donors (Lipinski definition) is 2. The first-order valence-corrected chi connectivity index (χ1v) is 9.21. The van der Waals surface area contributed by atoms with E-state index in [1.807, 2.05) is 0 Å². The van der Waals surface area contributed by atoms with Crippen LogP contribution in [0.1, 0.15) is 32.1 Å². The molecule has 0 aromatic rings. The molecule has 1 aliphatic heterocycles. The van der Waals surface area contributed by atoms with Crippen LogP contribution in [0.3, 0.4) is 0 Å². The fourth-order valence-corrected chi connectivity index (χ4v) is 4.05. The van der Waals surface area contributed by atoms with E-state index in [-0.39, 0.29) is 5.75 Å². The summed E-state index contributed by atoms with van der Waals surface area (Å²) in [6.45, 7) is 5.12. The second-order valence-electron chi connectivity index (χ2n) is 5.74. The maximum absolute atomic E-state index is 11.9. The maximum Gasteiger partial charge on any atom is 0.212 e. The van der Waals surface area contributed by atoms with Crippen LogP contribution < -0.4 is 10.0 Å². The summed E-state index contributed by atoms with van der Waals surface area (Å²) < 4.78 is 26.5. The van der Waals surface area contributed by atoms with Crippen LogP contribution in [-0.2, 0) is 10.0 Å². The van der Waals surface area contributed by atoms with Crippen LogP contribution in [0.2, 0.25) is 0 Å². The van der Waals surface area contributed by atoms with Crippen LogP contribution >= 0.6 is 0 Å². The van der Waals surface area contributed by atoms with Gasteiger partial charge in [-0.2, -0.15) is 0 Å². The monoisotopic (exact) mass is 289 g/mol. The Kier molecular flexibility index (Phi) is 6.06. The van der Waals surface area contributed by atoms with Gasteiger partial charge in [0.15, 0.2) is 0 Å². The molecule has 5 nitrogen and oxygen atoms in total. The van der Waals surface area contributed by atoms with Crippen LogP contribution in [0.15, 0.2) is 0 Å². The Morgan fingerprint density at radius 2 is 1.84 bits per heavy atom. The fraction of sp³-hybridized carbons (Fsp3) is 1.00. The van der Waals surface area contributed by atoms with Gasteiger partial charge in [0.1, 0.15) is 0 Å². The number of rotatable bonds is 7. The Morgan fingerprint density at radius 3 is 2.53 bits per heavy atom. The predicted octanol–water partition coefficient (Wildman–Crippen LogP) is 0.391. The Labute approximate surface area is 117 Å². The van der Waals surface area contributed by atoms with Gasteiger partial charge >= 0.3 is 0 Å². The summed E-state index contributed by atoms with van der Waals surface area (Å²) in [6.07, 6.45) is 6.21. The first-order valence-electron chi connectivity index (χ1n) is 7.56. The van der Waals surface area contributed by atoms with Gasteiger partial charge in [-0.15, -0.1) is 0 Å². The van der Waals surface area contributed by atoms with E-state index >= 15 is 0 Å². The van der Waals surface area contributed by atoms with Crippen molar-refractivity contribution in [3.8, 4) is 0 Å². The van der Waals surface area contributed by atoms with E-state index in [1.54, 1.807) is 0 Å². The van der Waals surface area contributed by atoms with Gasteiger partial charge in [0, 0.05) is 39.3 Å². The lowest BCUT2D eigenvalue weighted by Gasteiger charge is -2.26. The second kappa shape index (κ2) is 7.57. The summed E-state index contributed by atoms with van der Waals surface area (Å²) in [5.74, 6) is 0.980. The molecule has 1 aliphatic carbocycles. The van der Waals surface area contributed by atoms with Crippen LogP contribution in [0.25, 0.3) is 0 Å². The van der Waals surface area contributed by atoms with E-state index in [1.165, 1.54) is 25.7 Å². The van der Waals surface area contributed by atoms with Crippen molar-refractivity contribution in [1.82, 2.24) is 14.9 Å². The topological polar surface area (TPSA) is 61.4 Å². The van der Waals surface area contributed by atoms with Gasteiger partial charge in [0.2, 0.25) is 10.0 Å². The van der Waals surface area contributed by atoms with Crippen molar-refractivity contribution in [2.45, 2.75) is 32.1 Å². The minimum Gasteiger partial charge on any atom is -0.314 e. The molecule has 6 heteroatoms. The highest BCUT2D eigenvalue weighted by atomic mass is 32.2. The summed E-state index contributed by atoms with van der Waals surface area (Å²) in [6, 6.07) is 0. The minimum absolute atomic E-state index is 0.234. The average Bonchev–Trinajstić information content (AvgIpc) is 2.91. The Bertz CT molecular complexity index is 347. The van der Waals surface area contributed by atoms with Crippen molar-refractivity contribution >= 4 is 10.0 Å². The van der Waals surface area contributed by atoms with Crippen LogP contribution in [0, 0.1) is 5.92 Å². The highest BCUT2D eigenvalue weighted by molar-refractivity contribution is 7.89. The zero-order valence-electron chi connectivity index (χ0n) is 11.7. The Hall–Kier alpha value is -0.170. The molecule has 1 saturated carbocycles. The molecule has 0 unspecified atom stereocenters. The average molecular weight is 289 g/mol. The molecule has 0 atom stereocenters. The summed E-state index contributed by atoms with van der Waals surface area (Å²) >= 11 is 0. The summed E-state index contributed by atoms with van der Waals surface area (Å²) in [5, 5.41) is 3.27. The molecule has 2 fully saturated rings. The normalized spacial score (nSPS) is 22.9. The summed E-state index contributed by atoms with van der Waals surface area (Å²) in [4.78, 5) is 2.21. The van der Waals surface area contributed by atoms with Gasteiger partial charge in [-0.1, -0.05) is 25.7 Å². The molecular weight excluding hydrogens is 262 g/mol. The molecular formula is C13H27N3O2S. The molecule has 2 rings (SSSR count). The first kappa shape index (κ1) is 15.2. The third kappa shape index (κ3) is 5.77. The molecule has 0 amide bonds. The molecule has 0 aromatic heterocycles. The standard InChI is InChI=1S/C13H27N3O2S/c17-19(18,12-11-16-9-7-14-8-10-16)15-6-5-13-3-1-2-4-13/h13-15H,1-12H2. The molecule has 2 N–H and O–H groups in total. The lowest BCUT2D eigenvalue weighted by atomic mass is 10.1. The van der Waals surface area contributed by atoms with E-state index < -0.39 is 10.0 Å². The van der Waals surface area contributed by atoms with E-state index in [2.05, 4.69) is 14.9 Å². The third-order valence-electron chi connectivity index (χ3n) is 4.24. The van der Waals surface area contributed by atoms with Crippen molar-refractivity contribution in [2.24, 2.45) is 5.92 Å². The number of nitrogens with one attached hydrogen (secondary N) is 2. The molecule has 1 heterocycles. The van der Waals surface area contributed by atoms with Gasteiger partial charge in [0.05, 0.1) is 5.75 Å². The van der Waals surface area contributed by atoms with Gasteiger partial charge in [0.25, 0.3) is 0 Å². The second-order valence-corrected chi connectivity index (χ2v) is 7.67. The van der Waals surface area contributed by atoms with Crippen molar-refractivity contribution in [1.29, 1.82) is 0 Å². The largest absolute Gasteiger partial charge is 0.314 e. The third-order valence-corrected chi connectivity index (χ3v) is 5.60. The fourth-order valence-electron chi connectivity index (χ4n) is 2.97. The maximum atomic E-state index is 11.9. The van der Waals surface area contributed by atoms with Crippen molar-refractivity contribution in [3.05, 3.63) is 0 Å². The molecule has 0 bridgehead atoms. The van der Waals surface area contributed by atoms with Crippen LogP contribution in [0.5, 0.6) is 0 Å². The zero-order chi connectivity index (χ0) is 13.6. The van der Waals surface area contributed by atoms with E-state index in [4.69, 9.17) is 0 Å². The highest BCUT2D eigenvalue weighted by Crippen LogP contribution is 2.26. The van der Waals surface area contributed by atoms with Crippen molar-refractivity contribution in [3.63, 3.8) is 0 Å². The number of sulfonamides is 1. The van der Waals surface area contributed by atoms with Gasteiger partial charge in [-0.25, -0.2) is 13.1 Å². The number of piperazine rings is 1. The molecule has 112 valence electrons. The molecule has 0 radical (unpaired) electrons. The molecule has 0 aromatic carbocycles. The lowest BCUT2D eigenvalue weighted by Crippen LogP contribution is -2.46. The summed E-state index contributed by atoms with van der Waals surface area (Å²) in [5.41, 5.74) is 0. The van der Waals surface area contributed by atoms with E-state index in [0.29, 0.717) is 13.1 Å². The number of hydrogen-bond acceptors (Lipinski definition) is 4. The Balaban J connectivity index is 1.60. The lowest BCUT2D eigenvalue weighted by molar-refractivity contribution is 0.253. The summed E-state index contributed by atoms with van der Waals surface area (Å²) in [7, 11) is -3.08. The number of nitrogens with zero attached hydrogens (tertiary/aromatic N) is 1. The molecule has 1 saturated heterocycles. The SMILES string of the molecule is O=S(=O)(CCN1CCNCC1)NCCC1CCCC1. The van der Waals surface area contributed by atoms with Crippen molar-refractivity contribution in [2.75, 3.05) is 45.0 Å². The molecule has 0 spiro atoms. The Morgan fingerprint density at radius 1 is 1.16 bits per heavy atom. The molecule has 2 aliphatic rings.